The Morgan fingerprint density at radius 3 is 2.00 bits per heavy atom. The largest absolute Gasteiger partial charge is 0.379 e. The van der Waals surface area contributed by atoms with Crippen LogP contribution in [0, 0.1) is 0 Å². The molecule has 0 saturated heterocycles. The van der Waals surface area contributed by atoms with Gasteiger partial charge in [0.15, 0.2) is 0 Å². The molecule has 6 atom stereocenters. The second-order valence-corrected chi connectivity index (χ2v) is 7.12. The summed E-state index contributed by atoms with van der Waals surface area (Å²) in [5, 5.41) is 0.428. The summed E-state index contributed by atoms with van der Waals surface area (Å²) < 4.78 is 11.7. The first-order valence-electron chi connectivity index (χ1n) is 6.70. The van der Waals surface area contributed by atoms with Gasteiger partial charge in [0.25, 0.3) is 0 Å². The van der Waals surface area contributed by atoms with Crippen LogP contribution in [0.1, 0.15) is 38.5 Å². The molecule has 0 amide bonds. The Hall–Kier alpha value is 0.790. The van der Waals surface area contributed by atoms with Crippen molar-refractivity contribution in [2.45, 2.75) is 73.0 Å². The second kappa shape index (κ2) is 6.99. The average molecular weight is 316 g/mol. The van der Waals surface area contributed by atoms with Crippen molar-refractivity contribution in [1.29, 1.82) is 0 Å². The van der Waals surface area contributed by atoms with Crippen LogP contribution in [0.3, 0.4) is 0 Å². The molecule has 0 aromatic rings. The van der Waals surface area contributed by atoms with Gasteiger partial charge in [-0.3, -0.25) is 0 Å². The Bertz CT molecular complexity index is 265. The van der Waals surface area contributed by atoms with Crippen molar-refractivity contribution in [2.75, 3.05) is 7.11 Å². The highest BCUT2D eigenvalue weighted by atomic mass is 35.5. The number of hydrogen-bond donors (Lipinski definition) is 0. The third-order valence-electron chi connectivity index (χ3n) is 3.97. The molecule has 0 bridgehead atoms. The number of hydrogen-bond acceptors (Lipinski definition) is 2. The summed E-state index contributed by atoms with van der Waals surface area (Å²) in [4.78, 5) is 0. The fraction of sp³-hybridized carbons (Fsp3) is 1.00. The van der Waals surface area contributed by atoms with Gasteiger partial charge in [-0.05, 0) is 38.5 Å². The molecule has 18 heavy (non-hydrogen) atoms. The highest BCUT2D eigenvalue weighted by molar-refractivity contribution is 6.24. The van der Waals surface area contributed by atoms with Crippen molar-refractivity contribution in [3.05, 3.63) is 0 Å². The van der Waals surface area contributed by atoms with Crippen molar-refractivity contribution in [3.8, 4) is 0 Å². The van der Waals surface area contributed by atoms with Crippen molar-refractivity contribution >= 4 is 34.8 Å². The maximum absolute atomic E-state index is 6.34. The molecule has 0 aromatic heterocycles. The SMILES string of the molecule is COC1CC(Cl)CCC1OC1CCC(Cl)CC1Cl. The Morgan fingerprint density at radius 1 is 0.778 bits per heavy atom. The lowest BCUT2D eigenvalue weighted by molar-refractivity contribution is -0.112. The van der Waals surface area contributed by atoms with Crippen LogP contribution < -0.4 is 0 Å². The highest BCUT2D eigenvalue weighted by Gasteiger charge is 2.36. The van der Waals surface area contributed by atoms with Gasteiger partial charge in [0.1, 0.15) is 0 Å². The molecule has 2 aliphatic rings. The molecule has 0 N–H and O–H groups in total. The first kappa shape index (κ1) is 15.2. The number of halogens is 3. The quantitative estimate of drug-likeness (QED) is 0.734. The lowest BCUT2D eigenvalue weighted by Crippen LogP contribution is -2.43. The number of rotatable bonds is 3. The topological polar surface area (TPSA) is 18.5 Å². The van der Waals surface area contributed by atoms with Crippen LogP contribution in [0.15, 0.2) is 0 Å². The number of ether oxygens (including phenoxy) is 2. The molecule has 0 aromatic carbocycles. The van der Waals surface area contributed by atoms with Crippen molar-refractivity contribution < 1.29 is 9.47 Å². The molecule has 0 aliphatic heterocycles. The molecule has 106 valence electrons. The Morgan fingerprint density at radius 2 is 1.39 bits per heavy atom. The zero-order chi connectivity index (χ0) is 13.1. The lowest BCUT2D eigenvalue weighted by Gasteiger charge is -2.38. The van der Waals surface area contributed by atoms with E-state index in [9.17, 15) is 0 Å². The molecule has 6 unspecified atom stereocenters. The average Bonchev–Trinajstić information content (AvgIpc) is 2.34. The van der Waals surface area contributed by atoms with E-state index in [2.05, 4.69) is 0 Å². The molecule has 0 heterocycles. The molecule has 0 radical (unpaired) electrons. The predicted molar refractivity (Wildman–Crippen MR) is 76.1 cm³/mol. The second-order valence-electron chi connectivity index (χ2n) is 5.32. The molecular weight excluding hydrogens is 294 g/mol. The van der Waals surface area contributed by atoms with E-state index in [1.807, 2.05) is 0 Å². The maximum Gasteiger partial charge on any atom is 0.0847 e. The Balaban J connectivity index is 1.87. The van der Waals surface area contributed by atoms with Crippen LogP contribution in [0.4, 0.5) is 0 Å². The third kappa shape index (κ3) is 3.89. The van der Waals surface area contributed by atoms with Crippen molar-refractivity contribution in [3.63, 3.8) is 0 Å². The van der Waals surface area contributed by atoms with Gasteiger partial charge >= 0.3 is 0 Å². The fourth-order valence-electron chi connectivity index (χ4n) is 2.87. The van der Waals surface area contributed by atoms with Gasteiger partial charge in [0, 0.05) is 17.9 Å². The minimum atomic E-state index is 0.0208. The minimum absolute atomic E-state index is 0.0208. The standard InChI is InChI=1S/C13H21Cl3O2/c1-17-13-7-9(15)3-5-12(13)18-11-4-2-8(14)6-10(11)16/h8-13H,2-7H2,1H3. The third-order valence-corrected chi connectivity index (χ3v) is 5.22. The van der Waals surface area contributed by atoms with E-state index in [-0.39, 0.29) is 34.4 Å². The van der Waals surface area contributed by atoms with Gasteiger partial charge in [-0.25, -0.2) is 0 Å². The molecule has 2 nitrogen and oxygen atoms in total. The van der Waals surface area contributed by atoms with Gasteiger partial charge in [0.05, 0.1) is 23.7 Å². The number of alkyl halides is 3. The van der Waals surface area contributed by atoms with E-state index in [1.54, 1.807) is 7.11 Å². The first-order valence-corrected chi connectivity index (χ1v) is 8.01. The molecule has 0 spiro atoms. The number of methoxy groups -OCH3 is 1. The van der Waals surface area contributed by atoms with Crippen LogP contribution in [-0.4, -0.2) is 41.6 Å². The van der Waals surface area contributed by atoms with Crippen LogP contribution in [0.25, 0.3) is 0 Å². The summed E-state index contributed by atoms with van der Waals surface area (Å²) >= 11 is 18.6. The minimum Gasteiger partial charge on any atom is -0.379 e. The summed E-state index contributed by atoms with van der Waals surface area (Å²) in [6, 6.07) is 0. The lowest BCUT2D eigenvalue weighted by atomic mass is 9.92. The van der Waals surface area contributed by atoms with E-state index in [0.717, 1.165) is 38.5 Å². The Labute approximate surface area is 124 Å². The van der Waals surface area contributed by atoms with E-state index in [1.165, 1.54) is 0 Å². The molecule has 2 saturated carbocycles. The summed E-state index contributed by atoms with van der Waals surface area (Å²) in [7, 11) is 1.73. The zero-order valence-electron chi connectivity index (χ0n) is 10.7. The van der Waals surface area contributed by atoms with Gasteiger partial charge in [-0.1, -0.05) is 0 Å². The summed E-state index contributed by atoms with van der Waals surface area (Å²) in [6.45, 7) is 0. The first-order chi connectivity index (χ1) is 8.60. The highest BCUT2D eigenvalue weighted by Crippen LogP contribution is 2.34. The van der Waals surface area contributed by atoms with Crippen molar-refractivity contribution in [1.82, 2.24) is 0 Å². The fourth-order valence-corrected chi connectivity index (χ4v) is 3.99. The monoisotopic (exact) mass is 314 g/mol. The van der Waals surface area contributed by atoms with Crippen LogP contribution >= 0.6 is 34.8 Å². The smallest absolute Gasteiger partial charge is 0.0847 e. The predicted octanol–water partition coefficient (Wildman–Crippen LogP) is 3.95. The summed E-state index contributed by atoms with van der Waals surface area (Å²) in [5.74, 6) is 0. The van der Waals surface area contributed by atoms with E-state index >= 15 is 0 Å². The van der Waals surface area contributed by atoms with E-state index in [0.29, 0.717) is 0 Å². The van der Waals surface area contributed by atoms with Crippen molar-refractivity contribution in [2.24, 2.45) is 0 Å². The molecule has 5 heteroatoms. The molecule has 2 aliphatic carbocycles. The van der Waals surface area contributed by atoms with Gasteiger partial charge in [0.2, 0.25) is 0 Å². The summed E-state index contributed by atoms with van der Waals surface area (Å²) in [6.07, 6.45) is 5.90. The van der Waals surface area contributed by atoms with Crippen LogP contribution in [0.2, 0.25) is 0 Å². The van der Waals surface area contributed by atoms with Crippen LogP contribution in [0.5, 0.6) is 0 Å². The molecular formula is C13H21Cl3O2. The van der Waals surface area contributed by atoms with Gasteiger partial charge < -0.3 is 9.47 Å². The van der Waals surface area contributed by atoms with Gasteiger partial charge in [-0.15, -0.1) is 34.8 Å². The van der Waals surface area contributed by atoms with Gasteiger partial charge in [-0.2, -0.15) is 0 Å². The molecule has 2 fully saturated rings. The summed E-state index contributed by atoms with van der Waals surface area (Å²) in [5.41, 5.74) is 0. The van der Waals surface area contributed by atoms with E-state index in [4.69, 9.17) is 44.3 Å². The zero-order valence-corrected chi connectivity index (χ0v) is 12.9. The maximum atomic E-state index is 6.34. The Kier molecular flexibility index (Phi) is 5.89. The normalized spacial score (nSPS) is 46.0. The molecule has 2 rings (SSSR count). The van der Waals surface area contributed by atoms with Crippen LogP contribution in [-0.2, 0) is 9.47 Å². The van der Waals surface area contributed by atoms with E-state index < -0.39 is 0 Å².